The molecular weight excluding hydrogens is 342 g/mol. The molecule has 0 fully saturated rings. The number of H-pyrrole nitrogens is 1. The second-order valence-corrected chi connectivity index (χ2v) is 6.89. The number of aromatic amines is 1. The zero-order valence-electron chi connectivity index (χ0n) is 15.0. The number of hydrogen-bond acceptors (Lipinski definition) is 3. The molecule has 0 saturated carbocycles. The molecule has 6 nitrogen and oxygen atoms in total. The molecule has 6 heteroatoms. The fraction of sp³-hybridized carbons (Fsp3) is 0.286. The Morgan fingerprint density at radius 3 is 2.63 bits per heavy atom. The van der Waals surface area contributed by atoms with Gasteiger partial charge < -0.3 is 5.32 Å². The molecule has 2 aromatic carbocycles. The van der Waals surface area contributed by atoms with E-state index in [0.29, 0.717) is 10.8 Å². The quantitative estimate of drug-likeness (QED) is 0.747. The van der Waals surface area contributed by atoms with Crippen LogP contribution >= 0.6 is 0 Å². The number of nitrogens with one attached hydrogen (secondary N) is 2. The smallest absolute Gasteiger partial charge is 0.273 e. The summed E-state index contributed by atoms with van der Waals surface area (Å²) < 4.78 is 1.21. The Labute approximate surface area is 155 Å². The first-order chi connectivity index (χ1) is 13.1. The summed E-state index contributed by atoms with van der Waals surface area (Å²) in [5, 5.41) is 6.24. The number of hydrogen-bond donors (Lipinski definition) is 2. The maximum absolute atomic E-state index is 12.5. The topological polar surface area (TPSA) is 84.0 Å². The third-order valence-corrected chi connectivity index (χ3v) is 5.12. The van der Waals surface area contributed by atoms with Crippen molar-refractivity contribution >= 4 is 22.4 Å². The first kappa shape index (κ1) is 17.3. The maximum Gasteiger partial charge on any atom is 0.273 e. The molecule has 1 aliphatic rings. The lowest BCUT2D eigenvalue weighted by Crippen LogP contribution is -2.31. The number of anilines is 1. The Hall–Kier alpha value is -3.15. The highest BCUT2D eigenvalue weighted by Crippen LogP contribution is 2.27. The van der Waals surface area contributed by atoms with Gasteiger partial charge in [-0.25, -0.2) is 4.68 Å². The second kappa shape index (κ2) is 7.23. The lowest BCUT2D eigenvalue weighted by atomic mass is 9.90. The molecule has 0 saturated heterocycles. The van der Waals surface area contributed by atoms with Gasteiger partial charge in [0.1, 0.15) is 0 Å². The number of aryl methyl sites for hydroxylation is 2. The number of carbonyl (C=O) groups is 1. The van der Waals surface area contributed by atoms with Crippen LogP contribution in [-0.2, 0) is 24.2 Å². The van der Waals surface area contributed by atoms with Crippen LogP contribution in [-0.4, -0.2) is 15.7 Å². The van der Waals surface area contributed by atoms with Gasteiger partial charge in [0.15, 0.2) is 0 Å². The molecule has 0 spiro atoms. The zero-order chi connectivity index (χ0) is 18.8. The Balaban J connectivity index is 1.51. The van der Waals surface area contributed by atoms with Gasteiger partial charge in [-0.2, -0.15) is 0 Å². The lowest BCUT2D eigenvalue weighted by Gasteiger charge is -2.19. The molecule has 2 N–H and O–H groups in total. The minimum atomic E-state index is -0.331. The van der Waals surface area contributed by atoms with Crippen molar-refractivity contribution in [2.45, 2.75) is 38.6 Å². The van der Waals surface area contributed by atoms with Crippen molar-refractivity contribution in [3.63, 3.8) is 0 Å². The van der Waals surface area contributed by atoms with Gasteiger partial charge >= 0.3 is 0 Å². The van der Waals surface area contributed by atoms with E-state index < -0.39 is 0 Å². The van der Waals surface area contributed by atoms with E-state index in [-0.39, 0.29) is 30.0 Å². The van der Waals surface area contributed by atoms with Gasteiger partial charge in [0.2, 0.25) is 5.91 Å². The Bertz CT molecular complexity index is 1130. The molecule has 0 bridgehead atoms. The van der Waals surface area contributed by atoms with Gasteiger partial charge in [-0.3, -0.25) is 19.5 Å². The van der Waals surface area contributed by atoms with Gasteiger partial charge in [-0.15, -0.1) is 0 Å². The minimum Gasteiger partial charge on any atom is -0.326 e. The highest BCUT2D eigenvalue weighted by Gasteiger charge is 2.15. The summed E-state index contributed by atoms with van der Waals surface area (Å²) in [5.74, 6) is -0.171. The summed E-state index contributed by atoms with van der Waals surface area (Å²) in [6, 6.07) is 12.7. The minimum absolute atomic E-state index is 0.109. The van der Waals surface area contributed by atoms with E-state index in [1.165, 1.54) is 22.2 Å². The molecule has 0 radical (unpaired) electrons. The molecule has 1 heterocycles. The average Bonchev–Trinajstić information content (AvgIpc) is 2.70. The molecule has 0 atom stereocenters. The predicted octanol–water partition coefficient (Wildman–Crippen LogP) is 2.60. The van der Waals surface area contributed by atoms with Gasteiger partial charge in [-0.1, -0.05) is 24.3 Å². The second-order valence-electron chi connectivity index (χ2n) is 6.89. The van der Waals surface area contributed by atoms with Crippen molar-refractivity contribution in [3.8, 4) is 0 Å². The number of aromatic nitrogens is 2. The van der Waals surface area contributed by atoms with Gasteiger partial charge in [0, 0.05) is 12.1 Å². The van der Waals surface area contributed by atoms with Crippen molar-refractivity contribution in [1.82, 2.24) is 9.78 Å². The largest absolute Gasteiger partial charge is 0.326 e. The van der Waals surface area contributed by atoms with Crippen LogP contribution in [0.3, 0.4) is 0 Å². The summed E-state index contributed by atoms with van der Waals surface area (Å²) in [4.78, 5) is 37.0. The van der Waals surface area contributed by atoms with E-state index in [1.54, 1.807) is 24.3 Å². The highest BCUT2D eigenvalue weighted by molar-refractivity contribution is 5.91. The van der Waals surface area contributed by atoms with Crippen LogP contribution in [0.4, 0.5) is 5.69 Å². The van der Waals surface area contributed by atoms with Crippen LogP contribution in [0.2, 0.25) is 0 Å². The number of benzene rings is 2. The Morgan fingerprint density at radius 1 is 1.00 bits per heavy atom. The zero-order valence-corrected chi connectivity index (χ0v) is 15.0. The monoisotopic (exact) mass is 363 g/mol. The standard InChI is InChI=1S/C21H21N3O3/c25-19(22-18-11-5-7-14-6-1-2-8-15(14)18)12-13-24-21(27)17-10-4-3-9-16(17)20(26)23-24/h3-5,7,9-11H,1-2,6,8,12-13H2,(H,22,25)(H,23,26). The normalized spacial score (nSPS) is 13.3. The van der Waals surface area contributed by atoms with E-state index in [0.717, 1.165) is 24.9 Å². The molecule has 0 aliphatic heterocycles. The molecule has 4 rings (SSSR count). The third kappa shape index (κ3) is 3.43. The van der Waals surface area contributed by atoms with Crippen LogP contribution in [0.15, 0.2) is 52.1 Å². The number of carbonyl (C=O) groups excluding carboxylic acids is 1. The van der Waals surface area contributed by atoms with Crippen LogP contribution in [0.5, 0.6) is 0 Å². The molecule has 0 unspecified atom stereocenters. The van der Waals surface area contributed by atoms with Crippen LogP contribution in [0.1, 0.15) is 30.4 Å². The molecule has 1 amide bonds. The van der Waals surface area contributed by atoms with E-state index in [1.807, 2.05) is 12.1 Å². The maximum atomic E-state index is 12.5. The summed E-state index contributed by atoms with van der Waals surface area (Å²) >= 11 is 0. The van der Waals surface area contributed by atoms with Crippen LogP contribution in [0.25, 0.3) is 10.8 Å². The predicted molar refractivity (Wildman–Crippen MR) is 105 cm³/mol. The number of rotatable bonds is 4. The SMILES string of the molecule is O=C(CCn1[nH]c(=O)c2ccccc2c1=O)Nc1cccc2c1CCCC2. The highest BCUT2D eigenvalue weighted by atomic mass is 16.2. The molecule has 3 aromatic rings. The lowest BCUT2D eigenvalue weighted by molar-refractivity contribution is -0.116. The number of nitrogens with zero attached hydrogens (tertiary/aromatic N) is 1. The van der Waals surface area contributed by atoms with E-state index >= 15 is 0 Å². The Kier molecular flexibility index (Phi) is 4.62. The van der Waals surface area contributed by atoms with Gasteiger partial charge in [-0.05, 0) is 55.0 Å². The van der Waals surface area contributed by atoms with Crippen molar-refractivity contribution < 1.29 is 4.79 Å². The fourth-order valence-corrected chi connectivity index (χ4v) is 3.73. The number of amides is 1. The van der Waals surface area contributed by atoms with E-state index in [2.05, 4.69) is 16.5 Å². The summed E-state index contributed by atoms with van der Waals surface area (Å²) in [5.41, 5.74) is 2.75. The average molecular weight is 363 g/mol. The van der Waals surface area contributed by atoms with E-state index in [9.17, 15) is 14.4 Å². The first-order valence-corrected chi connectivity index (χ1v) is 9.26. The summed E-state index contributed by atoms with van der Waals surface area (Å²) in [7, 11) is 0. The summed E-state index contributed by atoms with van der Waals surface area (Å²) in [6.45, 7) is 0.125. The number of fused-ring (bicyclic) bond motifs is 2. The molecule has 1 aliphatic carbocycles. The van der Waals surface area contributed by atoms with Crippen molar-refractivity contribution in [3.05, 3.63) is 74.3 Å². The summed E-state index contributed by atoms with van der Waals surface area (Å²) in [6.07, 6.45) is 4.45. The third-order valence-electron chi connectivity index (χ3n) is 5.12. The fourth-order valence-electron chi connectivity index (χ4n) is 3.73. The molecule has 27 heavy (non-hydrogen) atoms. The van der Waals surface area contributed by atoms with E-state index in [4.69, 9.17) is 0 Å². The Morgan fingerprint density at radius 2 is 1.78 bits per heavy atom. The first-order valence-electron chi connectivity index (χ1n) is 9.26. The van der Waals surface area contributed by atoms with Crippen molar-refractivity contribution in [2.75, 3.05) is 5.32 Å². The molecular formula is C21H21N3O3. The molecule has 1 aromatic heterocycles. The van der Waals surface area contributed by atoms with Crippen LogP contribution in [0, 0.1) is 0 Å². The van der Waals surface area contributed by atoms with Crippen LogP contribution < -0.4 is 16.4 Å². The van der Waals surface area contributed by atoms with Gasteiger partial charge in [0.25, 0.3) is 11.1 Å². The van der Waals surface area contributed by atoms with Crippen molar-refractivity contribution in [2.24, 2.45) is 0 Å². The molecule has 138 valence electrons. The van der Waals surface area contributed by atoms with Gasteiger partial charge in [0.05, 0.1) is 17.3 Å². The van der Waals surface area contributed by atoms with Crippen molar-refractivity contribution in [1.29, 1.82) is 0 Å².